The highest BCUT2D eigenvalue weighted by Gasteiger charge is 2.15. The van der Waals surface area contributed by atoms with E-state index in [1.54, 1.807) is 0 Å². The highest BCUT2D eigenvalue weighted by atomic mass is 35.5. The molecule has 0 bridgehead atoms. The first kappa shape index (κ1) is 15.0. The van der Waals surface area contributed by atoms with Crippen molar-refractivity contribution < 1.29 is 9.53 Å². The largest absolute Gasteiger partial charge is 0.494 e. The molecule has 0 fully saturated rings. The van der Waals surface area contributed by atoms with E-state index in [0.29, 0.717) is 24.8 Å². The lowest BCUT2D eigenvalue weighted by molar-refractivity contribution is 0.0988. The molecule has 0 unspecified atom stereocenters. The zero-order valence-electron chi connectivity index (χ0n) is 11.5. The number of ether oxygens (including phenoxy) is 1. The van der Waals surface area contributed by atoms with Gasteiger partial charge in [-0.05, 0) is 43.0 Å². The first-order valence-corrected chi connectivity index (χ1v) is 6.91. The first-order chi connectivity index (χ1) is 8.51. The molecule has 18 heavy (non-hydrogen) atoms. The van der Waals surface area contributed by atoms with Crippen LogP contribution in [0.15, 0.2) is 12.1 Å². The Hall–Kier alpha value is -1.02. The Bertz CT molecular complexity index is 425. The molecule has 0 N–H and O–H groups in total. The monoisotopic (exact) mass is 268 g/mol. The number of aryl methyl sites for hydroxylation is 1. The third-order valence-corrected chi connectivity index (χ3v) is 3.09. The van der Waals surface area contributed by atoms with Crippen LogP contribution in [0.25, 0.3) is 0 Å². The van der Waals surface area contributed by atoms with Crippen LogP contribution in [0.2, 0.25) is 0 Å². The van der Waals surface area contributed by atoms with E-state index in [1.807, 2.05) is 26.0 Å². The van der Waals surface area contributed by atoms with E-state index in [-0.39, 0.29) is 5.78 Å². The fourth-order valence-corrected chi connectivity index (χ4v) is 2.12. The van der Waals surface area contributed by atoms with Crippen LogP contribution in [-0.4, -0.2) is 18.3 Å². The van der Waals surface area contributed by atoms with Crippen molar-refractivity contribution >= 4 is 17.4 Å². The minimum atomic E-state index is 0.104. The zero-order chi connectivity index (χ0) is 13.7. The van der Waals surface area contributed by atoms with Crippen LogP contribution in [0, 0.1) is 6.92 Å². The Kier molecular flexibility index (Phi) is 5.67. The molecule has 0 aromatic heterocycles. The van der Waals surface area contributed by atoms with Crippen molar-refractivity contribution in [2.75, 3.05) is 12.5 Å². The van der Waals surface area contributed by atoms with Crippen LogP contribution in [0.5, 0.6) is 5.75 Å². The molecule has 0 amide bonds. The average Bonchev–Trinajstić information content (AvgIpc) is 2.29. The van der Waals surface area contributed by atoms with Gasteiger partial charge in [-0.3, -0.25) is 4.79 Å². The quantitative estimate of drug-likeness (QED) is 0.567. The molecule has 1 rings (SSSR count). The number of Topliss-reactive ketones (excluding diaryl/α,β-unsaturated/α-hetero) is 1. The van der Waals surface area contributed by atoms with Crippen molar-refractivity contribution in [3.8, 4) is 5.75 Å². The van der Waals surface area contributed by atoms with Crippen molar-refractivity contribution in [3.05, 3.63) is 28.8 Å². The van der Waals surface area contributed by atoms with E-state index in [1.165, 1.54) is 0 Å². The SMILES string of the molecule is CCOc1cc(C)c(C(=O)CCCl)cc1C(C)C. The van der Waals surface area contributed by atoms with Gasteiger partial charge in [0.2, 0.25) is 0 Å². The summed E-state index contributed by atoms with van der Waals surface area (Å²) in [5.74, 6) is 1.68. The second-order valence-corrected chi connectivity index (χ2v) is 5.03. The van der Waals surface area contributed by atoms with Gasteiger partial charge in [-0.2, -0.15) is 0 Å². The van der Waals surface area contributed by atoms with E-state index in [9.17, 15) is 4.79 Å². The molecular formula is C15H21ClO2. The van der Waals surface area contributed by atoms with Gasteiger partial charge in [-0.25, -0.2) is 0 Å². The molecule has 0 aliphatic rings. The van der Waals surface area contributed by atoms with Gasteiger partial charge in [0.05, 0.1) is 6.61 Å². The Morgan fingerprint density at radius 2 is 2.06 bits per heavy atom. The summed E-state index contributed by atoms with van der Waals surface area (Å²) in [4.78, 5) is 12.0. The summed E-state index contributed by atoms with van der Waals surface area (Å²) < 4.78 is 5.64. The lowest BCUT2D eigenvalue weighted by atomic mass is 9.94. The maximum Gasteiger partial charge on any atom is 0.164 e. The van der Waals surface area contributed by atoms with E-state index >= 15 is 0 Å². The van der Waals surface area contributed by atoms with Gasteiger partial charge in [0.25, 0.3) is 0 Å². The maximum absolute atomic E-state index is 12.0. The summed E-state index contributed by atoms with van der Waals surface area (Å²) in [6.45, 7) is 8.74. The van der Waals surface area contributed by atoms with Crippen molar-refractivity contribution in [2.45, 2.75) is 40.0 Å². The summed E-state index contributed by atoms with van der Waals surface area (Å²) in [6, 6.07) is 3.92. The number of hydrogen-bond acceptors (Lipinski definition) is 2. The number of carbonyl (C=O) groups is 1. The highest BCUT2D eigenvalue weighted by Crippen LogP contribution is 2.30. The molecule has 1 aromatic rings. The molecule has 0 saturated carbocycles. The first-order valence-electron chi connectivity index (χ1n) is 6.37. The number of ketones is 1. The summed E-state index contributed by atoms with van der Waals surface area (Å²) in [6.07, 6.45) is 0.383. The molecule has 0 aliphatic carbocycles. The van der Waals surface area contributed by atoms with Crippen LogP contribution in [-0.2, 0) is 0 Å². The Labute approximate surface area is 114 Å². The molecule has 2 nitrogen and oxygen atoms in total. The molecule has 1 aromatic carbocycles. The van der Waals surface area contributed by atoms with Crippen molar-refractivity contribution in [1.82, 2.24) is 0 Å². The third kappa shape index (κ3) is 3.49. The van der Waals surface area contributed by atoms with Crippen LogP contribution < -0.4 is 4.74 Å². The molecule has 100 valence electrons. The average molecular weight is 269 g/mol. The van der Waals surface area contributed by atoms with Gasteiger partial charge in [0.15, 0.2) is 5.78 Å². The van der Waals surface area contributed by atoms with Gasteiger partial charge >= 0.3 is 0 Å². The second kappa shape index (κ2) is 6.79. The topological polar surface area (TPSA) is 26.3 Å². The van der Waals surface area contributed by atoms with E-state index in [4.69, 9.17) is 16.3 Å². The number of alkyl halides is 1. The van der Waals surface area contributed by atoms with Gasteiger partial charge < -0.3 is 4.74 Å². The summed E-state index contributed by atoms with van der Waals surface area (Å²) in [5, 5.41) is 0. The minimum absolute atomic E-state index is 0.104. The van der Waals surface area contributed by atoms with E-state index in [2.05, 4.69) is 13.8 Å². The van der Waals surface area contributed by atoms with Crippen molar-refractivity contribution in [3.63, 3.8) is 0 Å². The minimum Gasteiger partial charge on any atom is -0.494 e. The zero-order valence-corrected chi connectivity index (χ0v) is 12.3. The second-order valence-electron chi connectivity index (χ2n) is 4.65. The van der Waals surface area contributed by atoms with E-state index < -0.39 is 0 Å². The van der Waals surface area contributed by atoms with Crippen molar-refractivity contribution in [2.24, 2.45) is 0 Å². The maximum atomic E-state index is 12.0. The molecule has 0 saturated heterocycles. The van der Waals surface area contributed by atoms with Gasteiger partial charge in [0.1, 0.15) is 5.75 Å². The van der Waals surface area contributed by atoms with Crippen LogP contribution in [0.3, 0.4) is 0 Å². The van der Waals surface area contributed by atoms with Gasteiger partial charge in [0, 0.05) is 17.9 Å². The normalized spacial score (nSPS) is 10.8. The Balaban J connectivity index is 3.22. The van der Waals surface area contributed by atoms with Gasteiger partial charge in [-0.1, -0.05) is 13.8 Å². The lowest BCUT2D eigenvalue weighted by Gasteiger charge is -2.16. The standard InChI is InChI=1S/C15H21ClO2/c1-5-18-15-8-11(4)13(14(17)6-7-16)9-12(15)10(2)3/h8-10H,5-7H2,1-4H3. The third-order valence-electron chi connectivity index (χ3n) is 2.90. The number of benzene rings is 1. The molecule has 0 heterocycles. The molecule has 0 spiro atoms. The van der Waals surface area contributed by atoms with Crippen LogP contribution in [0.4, 0.5) is 0 Å². The fraction of sp³-hybridized carbons (Fsp3) is 0.533. The van der Waals surface area contributed by atoms with Gasteiger partial charge in [-0.15, -0.1) is 11.6 Å². The Morgan fingerprint density at radius 3 is 2.56 bits per heavy atom. The molecule has 0 aliphatic heterocycles. The molecule has 0 radical (unpaired) electrons. The lowest BCUT2D eigenvalue weighted by Crippen LogP contribution is -2.06. The van der Waals surface area contributed by atoms with Crippen molar-refractivity contribution in [1.29, 1.82) is 0 Å². The number of hydrogen-bond donors (Lipinski definition) is 0. The molecule has 3 heteroatoms. The molecular weight excluding hydrogens is 248 g/mol. The fourth-order valence-electron chi connectivity index (χ4n) is 1.95. The number of halogens is 1. The molecule has 0 atom stereocenters. The van der Waals surface area contributed by atoms with E-state index in [0.717, 1.165) is 22.4 Å². The van der Waals surface area contributed by atoms with Crippen LogP contribution >= 0.6 is 11.6 Å². The number of rotatable bonds is 6. The Morgan fingerprint density at radius 1 is 1.39 bits per heavy atom. The highest BCUT2D eigenvalue weighted by molar-refractivity contribution is 6.19. The van der Waals surface area contributed by atoms with Crippen LogP contribution in [0.1, 0.15) is 54.6 Å². The smallest absolute Gasteiger partial charge is 0.164 e. The summed E-state index contributed by atoms with van der Waals surface area (Å²) >= 11 is 5.64. The summed E-state index contributed by atoms with van der Waals surface area (Å²) in [7, 11) is 0. The predicted molar refractivity (Wildman–Crippen MR) is 76.1 cm³/mol. The predicted octanol–water partition coefficient (Wildman–Crippen LogP) is 4.33. The summed E-state index contributed by atoms with van der Waals surface area (Å²) in [5.41, 5.74) is 2.81. The number of carbonyl (C=O) groups excluding carboxylic acids is 1.